The van der Waals surface area contributed by atoms with Gasteiger partial charge in [0.15, 0.2) is 0 Å². The summed E-state index contributed by atoms with van der Waals surface area (Å²) in [5, 5.41) is 14.6. The van der Waals surface area contributed by atoms with Gasteiger partial charge in [-0.1, -0.05) is 0 Å². The number of H-pyrrole nitrogens is 1. The highest BCUT2D eigenvalue weighted by Gasteiger charge is 2.17. The molecule has 0 aliphatic carbocycles. The number of hydrogen-bond acceptors (Lipinski definition) is 4. The lowest BCUT2D eigenvalue weighted by Gasteiger charge is -2.11. The Morgan fingerprint density at radius 1 is 1.69 bits per heavy atom. The van der Waals surface area contributed by atoms with Gasteiger partial charge in [-0.05, 0) is 6.92 Å². The Bertz CT molecular complexity index is 440. The standard InChI is InChI=1S/C8H13N3O4S/c1-6(7-4-9-10-5-7)11-16(14,15)3-2-8(12)13/h4-6,11H,2-3H2,1H3,(H,9,10)(H,12,13). The number of carboxylic acid groups (broad SMARTS) is 1. The molecule has 1 aromatic heterocycles. The largest absolute Gasteiger partial charge is 0.481 e. The van der Waals surface area contributed by atoms with Crippen LogP contribution in [-0.4, -0.2) is 35.4 Å². The minimum atomic E-state index is -3.57. The fourth-order valence-electron chi connectivity index (χ4n) is 1.12. The van der Waals surface area contributed by atoms with E-state index in [1.165, 1.54) is 6.20 Å². The van der Waals surface area contributed by atoms with Crippen molar-refractivity contribution in [1.29, 1.82) is 0 Å². The lowest BCUT2D eigenvalue weighted by molar-refractivity contribution is -0.136. The van der Waals surface area contributed by atoms with Crippen molar-refractivity contribution < 1.29 is 18.3 Å². The number of nitrogens with one attached hydrogen (secondary N) is 2. The monoisotopic (exact) mass is 247 g/mol. The van der Waals surface area contributed by atoms with Crippen LogP contribution in [0.1, 0.15) is 24.9 Å². The van der Waals surface area contributed by atoms with E-state index in [1.807, 2.05) is 0 Å². The third-order valence-electron chi connectivity index (χ3n) is 1.96. The highest BCUT2D eigenvalue weighted by Crippen LogP contribution is 2.10. The molecular formula is C8H13N3O4S. The highest BCUT2D eigenvalue weighted by molar-refractivity contribution is 7.89. The summed E-state index contributed by atoms with van der Waals surface area (Å²) in [5.74, 6) is -1.56. The van der Waals surface area contributed by atoms with E-state index in [0.717, 1.165) is 0 Å². The van der Waals surface area contributed by atoms with Crippen LogP contribution in [0.3, 0.4) is 0 Å². The van der Waals surface area contributed by atoms with Gasteiger partial charge in [0.05, 0.1) is 18.4 Å². The zero-order valence-electron chi connectivity index (χ0n) is 8.67. The van der Waals surface area contributed by atoms with Gasteiger partial charge in [-0.3, -0.25) is 9.89 Å². The second-order valence-electron chi connectivity index (χ2n) is 3.33. The number of hydrogen-bond donors (Lipinski definition) is 3. The molecule has 0 saturated heterocycles. The molecule has 0 amide bonds. The van der Waals surface area contributed by atoms with E-state index < -0.39 is 34.2 Å². The summed E-state index contributed by atoms with van der Waals surface area (Å²) in [5.41, 5.74) is 0.693. The van der Waals surface area contributed by atoms with Gasteiger partial charge in [0.1, 0.15) is 0 Å². The van der Waals surface area contributed by atoms with Crippen LogP contribution in [0.25, 0.3) is 0 Å². The minimum Gasteiger partial charge on any atom is -0.481 e. The van der Waals surface area contributed by atoms with Gasteiger partial charge in [-0.2, -0.15) is 5.10 Å². The summed E-state index contributed by atoms with van der Waals surface area (Å²) in [4.78, 5) is 10.3. The van der Waals surface area contributed by atoms with Crippen LogP contribution in [0.2, 0.25) is 0 Å². The predicted octanol–water partition coefficient (Wildman–Crippen LogP) is -0.135. The number of nitrogens with zero attached hydrogens (tertiary/aromatic N) is 1. The van der Waals surface area contributed by atoms with Crippen LogP contribution in [0.15, 0.2) is 12.4 Å². The molecular weight excluding hydrogens is 234 g/mol. The Kier molecular flexibility index (Phi) is 4.02. The molecule has 1 heterocycles. The Morgan fingerprint density at radius 3 is 2.88 bits per heavy atom. The van der Waals surface area contributed by atoms with E-state index in [1.54, 1.807) is 13.1 Å². The van der Waals surface area contributed by atoms with E-state index in [4.69, 9.17) is 5.11 Å². The molecule has 90 valence electrons. The molecule has 0 aromatic carbocycles. The van der Waals surface area contributed by atoms with Crippen molar-refractivity contribution in [3.8, 4) is 0 Å². The van der Waals surface area contributed by atoms with Crippen molar-refractivity contribution in [3.05, 3.63) is 18.0 Å². The van der Waals surface area contributed by atoms with E-state index in [0.29, 0.717) is 5.56 Å². The molecule has 7 nitrogen and oxygen atoms in total. The summed E-state index contributed by atoms with van der Waals surface area (Å²) >= 11 is 0. The summed E-state index contributed by atoms with van der Waals surface area (Å²) in [6.07, 6.45) is 2.67. The summed E-state index contributed by atoms with van der Waals surface area (Å²) in [6, 6.07) is -0.433. The second kappa shape index (κ2) is 5.08. The summed E-state index contributed by atoms with van der Waals surface area (Å²) in [6.45, 7) is 1.66. The van der Waals surface area contributed by atoms with E-state index in [9.17, 15) is 13.2 Å². The lowest BCUT2D eigenvalue weighted by Crippen LogP contribution is -2.29. The van der Waals surface area contributed by atoms with Crippen LogP contribution in [0.4, 0.5) is 0 Å². The Morgan fingerprint density at radius 2 is 2.38 bits per heavy atom. The summed E-state index contributed by atoms with van der Waals surface area (Å²) in [7, 11) is -3.57. The minimum absolute atomic E-state index is 0.409. The average Bonchev–Trinajstić information content (AvgIpc) is 2.67. The third-order valence-corrected chi connectivity index (χ3v) is 3.41. The van der Waals surface area contributed by atoms with Gasteiger partial charge in [0.2, 0.25) is 10.0 Å². The van der Waals surface area contributed by atoms with Gasteiger partial charge in [0, 0.05) is 17.8 Å². The first kappa shape index (κ1) is 12.7. The zero-order valence-corrected chi connectivity index (χ0v) is 9.49. The normalized spacial score (nSPS) is 13.6. The van der Waals surface area contributed by atoms with Crippen LogP contribution in [0.5, 0.6) is 0 Å². The van der Waals surface area contributed by atoms with Crippen molar-refractivity contribution in [1.82, 2.24) is 14.9 Å². The van der Waals surface area contributed by atoms with Crippen LogP contribution in [0, 0.1) is 0 Å². The van der Waals surface area contributed by atoms with Gasteiger partial charge >= 0.3 is 5.97 Å². The number of sulfonamides is 1. The first-order valence-corrected chi connectivity index (χ1v) is 6.26. The molecule has 0 radical (unpaired) electrons. The van der Waals surface area contributed by atoms with Crippen molar-refractivity contribution >= 4 is 16.0 Å². The smallest absolute Gasteiger partial charge is 0.304 e. The number of rotatable bonds is 6. The molecule has 0 aliphatic heterocycles. The zero-order chi connectivity index (χ0) is 12.2. The van der Waals surface area contributed by atoms with Crippen molar-refractivity contribution in [2.24, 2.45) is 0 Å². The Labute approximate surface area is 92.9 Å². The van der Waals surface area contributed by atoms with Crippen molar-refractivity contribution in [2.45, 2.75) is 19.4 Å². The third kappa shape index (κ3) is 3.99. The SMILES string of the molecule is CC(NS(=O)(=O)CCC(=O)O)c1cn[nH]c1. The Hall–Kier alpha value is -1.41. The molecule has 0 spiro atoms. The number of aromatic nitrogens is 2. The average molecular weight is 247 g/mol. The van der Waals surface area contributed by atoms with Gasteiger partial charge in [-0.15, -0.1) is 0 Å². The quantitative estimate of drug-likeness (QED) is 0.648. The first-order chi connectivity index (χ1) is 7.41. The maximum atomic E-state index is 11.4. The second-order valence-corrected chi connectivity index (χ2v) is 5.21. The van der Waals surface area contributed by atoms with E-state index in [-0.39, 0.29) is 0 Å². The molecule has 0 bridgehead atoms. The molecule has 16 heavy (non-hydrogen) atoms. The molecule has 8 heteroatoms. The number of aromatic amines is 1. The fourth-order valence-corrected chi connectivity index (χ4v) is 2.35. The maximum Gasteiger partial charge on any atom is 0.304 e. The molecule has 3 N–H and O–H groups in total. The maximum absolute atomic E-state index is 11.4. The van der Waals surface area contributed by atoms with E-state index >= 15 is 0 Å². The van der Waals surface area contributed by atoms with Gasteiger partial charge < -0.3 is 5.11 Å². The molecule has 1 rings (SSSR count). The highest BCUT2D eigenvalue weighted by atomic mass is 32.2. The van der Waals surface area contributed by atoms with Gasteiger partial charge in [-0.25, -0.2) is 13.1 Å². The first-order valence-electron chi connectivity index (χ1n) is 4.61. The number of carboxylic acids is 1. The lowest BCUT2D eigenvalue weighted by atomic mass is 10.2. The molecule has 1 atom stereocenters. The van der Waals surface area contributed by atoms with E-state index in [2.05, 4.69) is 14.9 Å². The Balaban J connectivity index is 2.56. The van der Waals surface area contributed by atoms with Crippen LogP contribution in [-0.2, 0) is 14.8 Å². The fraction of sp³-hybridized carbons (Fsp3) is 0.500. The molecule has 1 unspecified atom stereocenters. The molecule has 0 fully saturated rings. The topological polar surface area (TPSA) is 112 Å². The van der Waals surface area contributed by atoms with Crippen LogP contribution < -0.4 is 4.72 Å². The van der Waals surface area contributed by atoms with Crippen molar-refractivity contribution in [2.75, 3.05) is 5.75 Å². The van der Waals surface area contributed by atoms with Gasteiger partial charge in [0.25, 0.3) is 0 Å². The summed E-state index contributed by atoms with van der Waals surface area (Å²) < 4.78 is 25.2. The number of aliphatic carboxylic acids is 1. The molecule has 0 saturated carbocycles. The van der Waals surface area contributed by atoms with Crippen molar-refractivity contribution in [3.63, 3.8) is 0 Å². The van der Waals surface area contributed by atoms with Crippen LogP contribution >= 0.6 is 0 Å². The molecule has 0 aliphatic rings. The predicted molar refractivity (Wildman–Crippen MR) is 56.2 cm³/mol. The molecule has 1 aromatic rings. The number of carbonyl (C=O) groups is 1.